The predicted octanol–water partition coefficient (Wildman–Crippen LogP) is 4.98. The van der Waals surface area contributed by atoms with Crippen LogP contribution in [0.2, 0.25) is 0 Å². The highest BCUT2D eigenvalue weighted by atomic mass is 31.2. The quantitative estimate of drug-likeness (QED) is 0.147. The molecule has 1 atom stereocenters. The van der Waals surface area contributed by atoms with E-state index in [9.17, 15) is 19.5 Å². The van der Waals surface area contributed by atoms with Gasteiger partial charge in [0.05, 0.1) is 21.1 Å². The molecule has 0 aliphatic carbocycles. The van der Waals surface area contributed by atoms with E-state index in [4.69, 9.17) is 0 Å². The van der Waals surface area contributed by atoms with Crippen LogP contribution < -0.4 is 0 Å². The molecule has 0 saturated heterocycles. The topological polar surface area (TPSA) is 77.8 Å². The Labute approximate surface area is 166 Å². The summed E-state index contributed by atoms with van der Waals surface area (Å²) in [7, 11) is 0.875. The first kappa shape index (κ1) is 26.6. The van der Waals surface area contributed by atoms with Crippen molar-refractivity contribution in [3.63, 3.8) is 0 Å². The van der Waals surface area contributed by atoms with Crippen molar-refractivity contribution in [1.82, 2.24) is 0 Å². The molecule has 0 aromatic rings. The number of rotatable bonds is 16. The van der Waals surface area contributed by atoms with Gasteiger partial charge in [0.2, 0.25) is 5.34 Å². The Balaban J connectivity index is 3.95. The van der Waals surface area contributed by atoms with E-state index in [0.29, 0.717) is 10.9 Å². The van der Waals surface area contributed by atoms with E-state index in [2.05, 4.69) is 25.2 Å². The Hall–Kier alpha value is -0.450. The van der Waals surface area contributed by atoms with Crippen molar-refractivity contribution in [2.24, 2.45) is 0 Å². The average molecular weight is 405 g/mol. The molecule has 27 heavy (non-hydrogen) atoms. The first-order valence-corrected chi connectivity index (χ1v) is 12.0. The molecule has 3 N–H and O–H groups in total. The molecule has 0 radical (unpaired) electrons. The second kappa shape index (κ2) is 13.7. The molecule has 6 heteroatoms. The van der Waals surface area contributed by atoms with Gasteiger partial charge < -0.3 is 19.4 Å². The van der Waals surface area contributed by atoms with E-state index in [-0.39, 0.29) is 13.0 Å². The molecule has 0 aromatic carbocycles. The normalized spacial score (nSPS) is 15.7. The number of likely N-dealkylation sites (N-methyl/N-ethyl adjacent to an activating group) is 1. The van der Waals surface area contributed by atoms with Crippen LogP contribution in [0.25, 0.3) is 0 Å². The van der Waals surface area contributed by atoms with Gasteiger partial charge in [0, 0.05) is 0 Å². The molecule has 0 aliphatic heterocycles. The summed E-state index contributed by atoms with van der Waals surface area (Å²) in [5, 5.41) is 8.49. The van der Waals surface area contributed by atoms with Gasteiger partial charge in [-0.05, 0) is 51.4 Å². The lowest BCUT2D eigenvalue weighted by Crippen LogP contribution is -2.49. The first-order chi connectivity index (χ1) is 12.5. The summed E-state index contributed by atoms with van der Waals surface area (Å²) >= 11 is 0. The fraction of sp³-hybridized carbons (Fsp3) is 0.810. The van der Waals surface area contributed by atoms with Gasteiger partial charge in [-0.3, -0.25) is 4.57 Å². The zero-order valence-electron chi connectivity index (χ0n) is 17.9. The summed E-state index contributed by atoms with van der Waals surface area (Å²) in [6.07, 6.45) is 19.9. The maximum atomic E-state index is 11.7. The molecule has 0 aliphatic rings. The van der Waals surface area contributed by atoms with E-state index < -0.39 is 12.9 Å². The molecular weight excluding hydrogens is 361 g/mol. The highest BCUT2D eigenvalue weighted by molar-refractivity contribution is 7.53. The molecule has 0 amide bonds. The maximum absolute atomic E-state index is 11.7. The summed E-state index contributed by atoms with van der Waals surface area (Å²) in [4.78, 5) is 19.0. The molecule has 0 aromatic heterocycles. The van der Waals surface area contributed by atoms with E-state index >= 15 is 0 Å². The molecular formula is C21H43NO4P+. The largest absolute Gasteiger partial charge is 0.373 e. The lowest BCUT2D eigenvalue weighted by atomic mass is 10.1. The third kappa shape index (κ3) is 14.2. The van der Waals surface area contributed by atoms with E-state index in [0.717, 1.165) is 25.7 Å². The number of hydrogen-bond acceptors (Lipinski definition) is 2. The predicted molar refractivity (Wildman–Crippen MR) is 115 cm³/mol. The van der Waals surface area contributed by atoms with Gasteiger partial charge in [-0.15, -0.1) is 0 Å². The minimum absolute atomic E-state index is 0.0237. The van der Waals surface area contributed by atoms with E-state index in [1.165, 1.54) is 32.1 Å². The smallest absolute Gasteiger partial charge is 0.362 e. The van der Waals surface area contributed by atoms with Crippen molar-refractivity contribution in [1.29, 1.82) is 0 Å². The van der Waals surface area contributed by atoms with Crippen molar-refractivity contribution >= 4 is 7.60 Å². The highest BCUT2D eigenvalue weighted by Crippen LogP contribution is 2.52. The maximum Gasteiger partial charge on any atom is 0.362 e. The summed E-state index contributed by atoms with van der Waals surface area (Å²) < 4.78 is 12.0. The minimum atomic E-state index is -4.57. The lowest BCUT2D eigenvalue weighted by molar-refractivity contribution is -0.875. The minimum Gasteiger partial charge on any atom is -0.373 e. The fourth-order valence-corrected chi connectivity index (χ4v) is 4.10. The Morgan fingerprint density at radius 1 is 0.815 bits per heavy atom. The molecule has 0 saturated carbocycles. The third-order valence-electron chi connectivity index (χ3n) is 4.53. The highest BCUT2D eigenvalue weighted by Gasteiger charge is 2.48. The number of aliphatic hydroxyl groups is 1. The first-order valence-electron chi connectivity index (χ1n) is 10.4. The Morgan fingerprint density at radius 3 is 1.67 bits per heavy atom. The monoisotopic (exact) mass is 404 g/mol. The lowest BCUT2D eigenvalue weighted by Gasteiger charge is -2.35. The summed E-state index contributed by atoms with van der Waals surface area (Å²) in [5.74, 6) is 0. The van der Waals surface area contributed by atoms with Crippen molar-refractivity contribution in [3.8, 4) is 0 Å². The fourth-order valence-electron chi connectivity index (χ4n) is 3.08. The summed E-state index contributed by atoms with van der Waals surface area (Å²) in [5.41, 5.74) is 0. The van der Waals surface area contributed by atoms with Crippen LogP contribution in [-0.4, -0.2) is 52.4 Å². The van der Waals surface area contributed by atoms with Gasteiger partial charge >= 0.3 is 7.60 Å². The number of nitrogens with zero attached hydrogens (tertiary/aromatic N) is 1. The van der Waals surface area contributed by atoms with Gasteiger partial charge in [-0.25, -0.2) is 0 Å². The van der Waals surface area contributed by atoms with Crippen LogP contribution >= 0.6 is 7.60 Å². The van der Waals surface area contributed by atoms with Crippen molar-refractivity contribution in [2.75, 3.05) is 27.7 Å². The molecule has 0 rings (SSSR count). The molecule has 5 nitrogen and oxygen atoms in total. The Kier molecular flexibility index (Phi) is 13.5. The summed E-state index contributed by atoms with van der Waals surface area (Å²) in [6.45, 7) is 2.25. The average Bonchev–Trinajstić information content (AvgIpc) is 2.52. The molecule has 0 fully saturated rings. The Bertz CT molecular complexity index is 479. The van der Waals surface area contributed by atoms with Crippen LogP contribution in [0.4, 0.5) is 0 Å². The number of allylic oxidation sites excluding steroid dienone is 4. The van der Waals surface area contributed by atoms with Crippen LogP contribution in [-0.2, 0) is 4.57 Å². The van der Waals surface area contributed by atoms with E-state index in [1.807, 2.05) is 27.2 Å². The molecule has 0 bridgehead atoms. The van der Waals surface area contributed by atoms with Gasteiger partial charge in [-0.2, -0.15) is 0 Å². The molecule has 0 heterocycles. The van der Waals surface area contributed by atoms with Crippen LogP contribution in [0, 0.1) is 0 Å². The van der Waals surface area contributed by atoms with Crippen LogP contribution in [0.1, 0.15) is 77.6 Å². The van der Waals surface area contributed by atoms with Crippen LogP contribution in [0.3, 0.4) is 0 Å². The zero-order valence-corrected chi connectivity index (χ0v) is 18.8. The van der Waals surface area contributed by atoms with Crippen molar-refractivity contribution in [2.45, 2.75) is 82.9 Å². The van der Waals surface area contributed by atoms with E-state index in [1.54, 1.807) is 0 Å². The second-order valence-electron chi connectivity index (χ2n) is 8.59. The van der Waals surface area contributed by atoms with Gasteiger partial charge in [0.25, 0.3) is 0 Å². The SMILES string of the molecule is CCCCCC/C=C\CCCC/C=C\CCC(O)(C[N+](C)(C)C)P(=O)(O)O. The standard InChI is InChI=1S/C21H42NO4P/c1-5-6-7-8-9-10-11-12-13-14-15-16-17-18-19-21(23,27(24,25)26)20-22(2,3)4/h10-11,16-17,23H,5-9,12-15,18-20H2,1-4H3,(H-,24,25,26)/p+1/b11-10-,17-16-. The Morgan fingerprint density at radius 2 is 1.26 bits per heavy atom. The van der Waals surface area contributed by atoms with Gasteiger partial charge in [0.15, 0.2) is 0 Å². The van der Waals surface area contributed by atoms with Crippen LogP contribution in [0.5, 0.6) is 0 Å². The number of unbranched alkanes of at least 4 members (excludes halogenated alkanes) is 7. The molecule has 0 spiro atoms. The molecule has 1 unspecified atom stereocenters. The third-order valence-corrected chi connectivity index (χ3v) is 5.98. The van der Waals surface area contributed by atoms with Crippen LogP contribution in [0.15, 0.2) is 24.3 Å². The second-order valence-corrected chi connectivity index (χ2v) is 10.5. The van der Waals surface area contributed by atoms with Crippen molar-refractivity contribution in [3.05, 3.63) is 24.3 Å². The van der Waals surface area contributed by atoms with Crippen molar-refractivity contribution < 1.29 is 23.9 Å². The van der Waals surface area contributed by atoms with Gasteiger partial charge in [-0.1, -0.05) is 50.5 Å². The number of quaternary nitrogens is 1. The molecule has 160 valence electrons. The number of hydrogen-bond donors (Lipinski definition) is 3. The summed E-state index contributed by atoms with van der Waals surface area (Å²) in [6, 6.07) is 0. The zero-order chi connectivity index (χ0) is 20.8. The van der Waals surface area contributed by atoms with Gasteiger partial charge in [0.1, 0.15) is 6.54 Å².